The van der Waals surface area contributed by atoms with Crippen molar-refractivity contribution in [1.82, 2.24) is 4.90 Å². The van der Waals surface area contributed by atoms with Crippen LogP contribution in [0.25, 0.3) is 5.57 Å². The number of hydrogen-bond acceptors (Lipinski definition) is 4. The standard InChI is InChI=1S/C28H41N3O/c1-32-25-8-14-30(15-9-25)24-4-5-27(31-18-16-29(17-19-31)21-22-2-3-22)26(20-24)23-6-10-28(11-7-23)12-13-28/h4-6,20,22,25H,2-3,7-19,21H2,1H3. The van der Waals surface area contributed by atoms with Crippen LogP contribution in [0.4, 0.5) is 11.4 Å². The molecule has 4 fully saturated rings. The summed E-state index contributed by atoms with van der Waals surface area (Å²) in [5.41, 5.74) is 6.74. The van der Waals surface area contributed by atoms with E-state index in [9.17, 15) is 0 Å². The van der Waals surface area contributed by atoms with E-state index in [-0.39, 0.29) is 0 Å². The molecule has 0 amide bonds. The zero-order valence-electron chi connectivity index (χ0n) is 20.0. The Kier molecular flexibility index (Phi) is 5.71. The number of methoxy groups -OCH3 is 1. The average Bonchev–Trinajstić information content (AvgIpc) is 3.79. The van der Waals surface area contributed by atoms with Crippen LogP contribution in [0, 0.1) is 11.3 Å². The van der Waals surface area contributed by atoms with Crippen molar-refractivity contribution in [3.63, 3.8) is 0 Å². The highest BCUT2D eigenvalue weighted by Crippen LogP contribution is 2.57. The molecule has 0 atom stereocenters. The zero-order chi connectivity index (χ0) is 21.5. The molecule has 0 N–H and O–H groups in total. The van der Waals surface area contributed by atoms with Gasteiger partial charge in [-0.2, -0.15) is 0 Å². The van der Waals surface area contributed by atoms with Gasteiger partial charge in [-0.15, -0.1) is 0 Å². The third-order valence-corrected chi connectivity index (χ3v) is 9.06. The minimum Gasteiger partial charge on any atom is -0.381 e. The van der Waals surface area contributed by atoms with Crippen LogP contribution in [-0.2, 0) is 4.74 Å². The Hall–Kier alpha value is -1.52. The quantitative estimate of drug-likeness (QED) is 0.613. The Balaban J connectivity index is 1.23. The van der Waals surface area contributed by atoms with E-state index in [1.807, 2.05) is 7.11 Å². The Bertz CT molecular complexity index is 840. The first-order valence-corrected chi connectivity index (χ1v) is 13.3. The van der Waals surface area contributed by atoms with Crippen molar-refractivity contribution in [3.8, 4) is 0 Å². The molecule has 2 saturated heterocycles. The number of piperazine rings is 1. The van der Waals surface area contributed by atoms with Crippen LogP contribution < -0.4 is 9.80 Å². The minimum absolute atomic E-state index is 0.438. The average molecular weight is 436 g/mol. The first-order chi connectivity index (χ1) is 15.7. The smallest absolute Gasteiger partial charge is 0.0605 e. The number of benzene rings is 1. The van der Waals surface area contributed by atoms with Gasteiger partial charge in [-0.25, -0.2) is 0 Å². The van der Waals surface area contributed by atoms with Gasteiger partial charge in [0.1, 0.15) is 0 Å². The van der Waals surface area contributed by atoms with Crippen molar-refractivity contribution >= 4 is 16.9 Å². The molecule has 0 unspecified atom stereocenters. The van der Waals surface area contributed by atoms with Gasteiger partial charge in [-0.3, -0.25) is 4.90 Å². The number of ether oxygens (including phenoxy) is 1. The molecule has 6 rings (SSSR count). The Labute approximate surface area is 194 Å². The zero-order valence-corrected chi connectivity index (χ0v) is 20.0. The summed E-state index contributed by atoms with van der Waals surface area (Å²) in [4.78, 5) is 7.98. The maximum absolute atomic E-state index is 5.61. The van der Waals surface area contributed by atoms with E-state index in [0.717, 1.165) is 31.8 Å². The first kappa shape index (κ1) is 21.0. The second-order valence-electron chi connectivity index (χ2n) is 11.3. The number of rotatable bonds is 6. The van der Waals surface area contributed by atoms with Gasteiger partial charge < -0.3 is 14.5 Å². The van der Waals surface area contributed by atoms with Gasteiger partial charge >= 0.3 is 0 Å². The van der Waals surface area contributed by atoms with Crippen LogP contribution in [0.1, 0.15) is 63.4 Å². The third-order valence-electron chi connectivity index (χ3n) is 9.06. The van der Waals surface area contributed by atoms with Crippen molar-refractivity contribution in [2.45, 2.75) is 63.9 Å². The molecule has 0 aromatic heterocycles. The molecular weight excluding hydrogens is 394 g/mol. The fourth-order valence-electron chi connectivity index (χ4n) is 6.26. The molecule has 4 nitrogen and oxygen atoms in total. The van der Waals surface area contributed by atoms with E-state index < -0.39 is 0 Å². The third kappa shape index (κ3) is 4.46. The highest BCUT2D eigenvalue weighted by Gasteiger charge is 2.43. The van der Waals surface area contributed by atoms with E-state index in [0.29, 0.717) is 11.5 Å². The summed E-state index contributed by atoms with van der Waals surface area (Å²) in [6, 6.07) is 7.38. The molecule has 2 saturated carbocycles. The number of hydrogen-bond donors (Lipinski definition) is 0. The molecule has 4 heteroatoms. The normalized spacial score (nSPS) is 26.5. The molecule has 3 aliphatic carbocycles. The molecule has 174 valence electrons. The highest BCUT2D eigenvalue weighted by atomic mass is 16.5. The van der Waals surface area contributed by atoms with Gasteiger partial charge in [-0.1, -0.05) is 6.08 Å². The lowest BCUT2D eigenvalue weighted by molar-refractivity contribution is 0.0819. The number of allylic oxidation sites excluding steroid dienone is 2. The summed E-state index contributed by atoms with van der Waals surface area (Å²) in [5, 5.41) is 0. The highest BCUT2D eigenvalue weighted by molar-refractivity contribution is 5.80. The second-order valence-corrected chi connectivity index (χ2v) is 11.3. The molecule has 1 spiro atoms. The SMILES string of the molecule is COC1CCN(c2ccc(N3CCN(CC4CC4)CC3)c(C3=CCC4(CC3)CC4)c2)CC1. The molecule has 5 aliphatic rings. The number of anilines is 2. The van der Waals surface area contributed by atoms with Crippen molar-refractivity contribution in [1.29, 1.82) is 0 Å². The maximum Gasteiger partial charge on any atom is 0.0605 e. The van der Waals surface area contributed by atoms with Crippen molar-refractivity contribution in [2.75, 3.05) is 62.7 Å². The van der Waals surface area contributed by atoms with E-state index in [1.165, 1.54) is 94.6 Å². The Morgan fingerprint density at radius 1 is 0.906 bits per heavy atom. The molecule has 32 heavy (non-hydrogen) atoms. The van der Waals surface area contributed by atoms with Crippen molar-refractivity contribution in [3.05, 3.63) is 29.8 Å². The molecular formula is C28H41N3O. The topological polar surface area (TPSA) is 19.0 Å². The minimum atomic E-state index is 0.438. The molecule has 0 bridgehead atoms. The molecule has 0 radical (unpaired) electrons. The Morgan fingerprint density at radius 3 is 2.31 bits per heavy atom. The van der Waals surface area contributed by atoms with Crippen LogP contribution >= 0.6 is 0 Å². The van der Waals surface area contributed by atoms with Crippen molar-refractivity contribution in [2.24, 2.45) is 11.3 Å². The summed E-state index contributed by atoms with van der Waals surface area (Å²) in [7, 11) is 1.86. The fourth-order valence-corrected chi connectivity index (χ4v) is 6.26. The lowest BCUT2D eigenvalue weighted by Gasteiger charge is -2.38. The summed E-state index contributed by atoms with van der Waals surface area (Å²) < 4.78 is 5.61. The van der Waals surface area contributed by atoms with Crippen LogP contribution in [-0.4, -0.2) is 63.9 Å². The molecule has 2 heterocycles. The van der Waals surface area contributed by atoms with Crippen LogP contribution in [0.15, 0.2) is 24.3 Å². The van der Waals surface area contributed by atoms with Crippen LogP contribution in [0.3, 0.4) is 0 Å². The van der Waals surface area contributed by atoms with Crippen molar-refractivity contribution < 1.29 is 4.74 Å². The predicted molar refractivity (Wildman–Crippen MR) is 134 cm³/mol. The van der Waals surface area contributed by atoms with Crippen LogP contribution in [0.2, 0.25) is 0 Å². The van der Waals surface area contributed by atoms with E-state index >= 15 is 0 Å². The largest absolute Gasteiger partial charge is 0.381 e. The second kappa shape index (κ2) is 8.68. The maximum atomic E-state index is 5.61. The lowest BCUT2D eigenvalue weighted by atomic mass is 9.83. The van der Waals surface area contributed by atoms with Gasteiger partial charge in [0.2, 0.25) is 0 Å². The predicted octanol–water partition coefficient (Wildman–Crippen LogP) is 5.18. The van der Waals surface area contributed by atoms with Gasteiger partial charge in [0.05, 0.1) is 6.10 Å². The molecule has 1 aromatic carbocycles. The van der Waals surface area contributed by atoms with Gasteiger partial charge in [0.15, 0.2) is 0 Å². The fraction of sp³-hybridized carbons (Fsp3) is 0.714. The monoisotopic (exact) mass is 435 g/mol. The van der Waals surface area contributed by atoms with Gasteiger partial charge in [0, 0.05) is 69.9 Å². The van der Waals surface area contributed by atoms with E-state index in [4.69, 9.17) is 4.74 Å². The summed E-state index contributed by atoms with van der Waals surface area (Å²) in [6.45, 7) is 8.36. The lowest BCUT2D eigenvalue weighted by Crippen LogP contribution is -2.47. The van der Waals surface area contributed by atoms with E-state index in [1.54, 1.807) is 5.57 Å². The van der Waals surface area contributed by atoms with Gasteiger partial charge in [-0.05, 0) is 92.9 Å². The summed E-state index contributed by atoms with van der Waals surface area (Å²) >= 11 is 0. The number of piperidine rings is 1. The first-order valence-electron chi connectivity index (χ1n) is 13.3. The number of nitrogens with zero attached hydrogens (tertiary/aromatic N) is 3. The Morgan fingerprint density at radius 2 is 1.69 bits per heavy atom. The molecule has 1 aromatic rings. The van der Waals surface area contributed by atoms with Crippen LogP contribution in [0.5, 0.6) is 0 Å². The van der Waals surface area contributed by atoms with Gasteiger partial charge in [0.25, 0.3) is 0 Å². The molecule has 2 aliphatic heterocycles. The summed E-state index contributed by atoms with van der Waals surface area (Å²) in [5.74, 6) is 1.00. The van der Waals surface area contributed by atoms with E-state index in [2.05, 4.69) is 39.0 Å². The summed E-state index contributed by atoms with van der Waals surface area (Å²) in [6.07, 6.45) is 15.1.